The van der Waals surface area contributed by atoms with Gasteiger partial charge in [-0.05, 0) is 6.07 Å². The molecule has 0 saturated carbocycles. The van der Waals surface area contributed by atoms with Crippen molar-refractivity contribution in [3.63, 3.8) is 0 Å². The molecule has 0 N–H and O–H groups in total. The fraction of sp³-hybridized carbons (Fsp3) is 0.167. The van der Waals surface area contributed by atoms with Crippen molar-refractivity contribution in [3.8, 4) is 11.8 Å². The molecule has 0 amide bonds. The maximum Gasteiger partial charge on any atom is 0.261 e. The van der Waals surface area contributed by atoms with Crippen LogP contribution < -0.4 is 4.74 Å². The number of ether oxygens (including phenoxy) is 1. The fourth-order valence-electron chi connectivity index (χ4n) is 1.65. The molecule has 5 nitrogen and oxygen atoms in total. The molecule has 0 aliphatic carbocycles. The van der Waals surface area contributed by atoms with Gasteiger partial charge in [0, 0.05) is 12.0 Å². The van der Waals surface area contributed by atoms with E-state index in [-0.39, 0.29) is 6.42 Å². The lowest BCUT2D eigenvalue weighted by atomic mass is 10.1. The van der Waals surface area contributed by atoms with Gasteiger partial charge in [-0.2, -0.15) is 5.26 Å². The van der Waals surface area contributed by atoms with Crippen molar-refractivity contribution in [1.29, 1.82) is 5.26 Å². The van der Waals surface area contributed by atoms with E-state index in [2.05, 4.69) is 6.58 Å². The number of carbonyl (C=O) groups is 1. The predicted molar refractivity (Wildman–Crippen MR) is 63.2 cm³/mol. The molecule has 2 rings (SSSR count). The molecule has 18 heavy (non-hydrogen) atoms. The minimum absolute atomic E-state index is 0.0290. The third kappa shape index (κ3) is 1.89. The molecule has 0 spiro atoms. The first-order chi connectivity index (χ1) is 8.46. The minimum atomic E-state index is -4.13. The van der Waals surface area contributed by atoms with E-state index in [1.54, 1.807) is 24.3 Å². The number of hydrogen-bond donors (Lipinski definition) is 0. The van der Waals surface area contributed by atoms with Crippen molar-refractivity contribution >= 4 is 15.6 Å². The Labute approximate surface area is 104 Å². The summed E-state index contributed by atoms with van der Waals surface area (Å²) in [5.41, 5.74) is -1.03. The number of benzene rings is 1. The van der Waals surface area contributed by atoms with Gasteiger partial charge in [-0.3, -0.25) is 4.79 Å². The number of hydrogen-bond acceptors (Lipinski definition) is 5. The van der Waals surface area contributed by atoms with Gasteiger partial charge in [-0.1, -0.05) is 24.8 Å². The van der Waals surface area contributed by atoms with Gasteiger partial charge < -0.3 is 4.74 Å². The Bertz CT molecular complexity index is 670. The molecular formula is C12H9NO4S. The molecule has 1 heterocycles. The van der Waals surface area contributed by atoms with E-state index in [4.69, 9.17) is 10.00 Å². The summed E-state index contributed by atoms with van der Waals surface area (Å²) in [6.07, 6.45) is -0.0290. The molecule has 0 radical (unpaired) electrons. The highest BCUT2D eigenvalue weighted by atomic mass is 32.2. The summed E-state index contributed by atoms with van der Waals surface area (Å²) >= 11 is 0. The molecule has 92 valence electrons. The average Bonchev–Trinajstić information content (AvgIpc) is 2.36. The van der Waals surface area contributed by atoms with E-state index < -0.39 is 26.0 Å². The summed E-state index contributed by atoms with van der Waals surface area (Å²) in [6.45, 7) is 3.13. The first-order valence-electron chi connectivity index (χ1n) is 5.07. The molecule has 1 aliphatic rings. The zero-order valence-corrected chi connectivity index (χ0v) is 10.1. The molecule has 1 aromatic rings. The lowest BCUT2D eigenvalue weighted by Gasteiger charge is -2.24. The van der Waals surface area contributed by atoms with Crippen LogP contribution in [0.4, 0.5) is 0 Å². The average molecular weight is 263 g/mol. The monoisotopic (exact) mass is 263 g/mol. The Balaban J connectivity index is 2.43. The number of ketones is 1. The normalized spacial score (nSPS) is 18.4. The molecule has 1 aliphatic heterocycles. The van der Waals surface area contributed by atoms with E-state index in [1.165, 1.54) is 6.07 Å². The van der Waals surface area contributed by atoms with Gasteiger partial charge in [0.15, 0.2) is 5.78 Å². The van der Waals surface area contributed by atoms with Crippen molar-refractivity contribution in [2.24, 2.45) is 0 Å². The number of para-hydroxylation sites is 1. The lowest BCUT2D eigenvalue weighted by Crippen LogP contribution is -2.40. The number of nitrogens with zero attached hydrogens (tertiary/aromatic N) is 1. The summed E-state index contributed by atoms with van der Waals surface area (Å²) in [6, 6.07) is 8.12. The number of carbonyl (C=O) groups excluding carboxylic acids is 1. The van der Waals surface area contributed by atoms with Crippen molar-refractivity contribution in [2.45, 2.75) is 11.9 Å². The van der Waals surface area contributed by atoms with Crippen molar-refractivity contribution < 1.29 is 17.9 Å². The van der Waals surface area contributed by atoms with E-state index in [0.29, 0.717) is 11.3 Å². The second kappa shape index (κ2) is 4.27. The summed E-state index contributed by atoms with van der Waals surface area (Å²) in [7, 11) is -4.13. The van der Waals surface area contributed by atoms with Crippen LogP contribution in [0, 0.1) is 11.3 Å². The van der Waals surface area contributed by atoms with Crippen LogP contribution in [0.3, 0.4) is 0 Å². The molecular weight excluding hydrogens is 254 g/mol. The second-order valence-electron chi connectivity index (χ2n) is 3.78. The SMILES string of the molecule is C=C(C#N)S(=O)(=O)C1Oc2ccccc2CC1=O. The zero-order chi connectivity index (χ0) is 13.3. The number of nitriles is 1. The van der Waals surface area contributed by atoms with Gasteiger partial charge >= 0.3 is 0 Å². The summed E-state index contributed by atoms with van der Waals surface area (Å²) in [5.74, 6) is -0.249. The summed E-state index contributed by atoms with van der Waals surface area (Å²) in [4.78, 5) is 11.1. The quantitative estimate of drug-likeness (QED) is 0.742. The van der Waals surface area contributed by atoms with E-state index in [0.717, 1.165) is 0 Å². The topological polar surface area (TPSA) is 84.2 Å². The van der Waals surface area contributed by atoms with Crippen LogP contribution in [0.2, 0.25) is 0 Å². The second-order valence-corrected chi connectivity index (χ2v) is 5.79. The van der Waals surface area contributed by atoms with E-state index >= 15 is 0 Å². The minimum Gasteiger partial charge on any atom is -0.466 e. The van der Waals surface area contributed by atoms with Gasteiger partial charge in [0.05, 0.1) is 0 Å². The van der Waals surface area contributed by atoms with Crippen LogP contribution in [0.1, 0.15) is 5.56 Å². The third-order valence-electron chi connectivity index (χ3n) is 2.58. The molecule has 0 bridgehead atoms. The van der Waals surface area contributed by atoms with Gasteiger partial charge in [-0.15, -0.1) is 0 Å². The maximum atomic E-state index is 11.9. The van der Waals surface area contributed by atoms with Gasteiger partial charge in [0.1, 0.15) is 16.7 Å². The Kier molecular flexibility index (Phi) is 2.93. The first kappa shape index (κ1) is 12.3. The number of rotatable bonds is 2. The first-order valence-corrected chi connectivity index (χ1v) is 6.61. The molecule has 1 unspecified atom stereocenters. The molecule has 1 atom stereocenters. The molecule has 0 saturated heterocycles. The van der Waals surface area contributed by atoms with Crippen LogP contribution in [0.5, 0.6) is 5.75 Å². The number of sulfone groups is 1. The van der Waals surface area contributed by atoms with E-state index in [9.17, 15) is 13.2 Å². The largest absolute Gasteiger partial charge is 0.466 e. The highest BCUT2D eigenvalue weighted by Gasteiger charge is 2.40. The van der Waals surface area contributed by atoms with E-state index in [1.807, 2.05) is 0 Å². The number of Topliss-reactive ketones (excluding diaryl/α,β-unsaturated/α-hetero) is 1. The summed E-state index contributed by atoms with van der Waals surface area (Å²) < 4.78 is 28.9. The smallest absolute Gasteiger partial charge is 0.261 e. The van der Waals surface area contributed by atoms with Gasteiger partial charge in [0.2, 0.25) is 9.84 Å². The highest BCUT2D eigenvalue weighted by Crippen LogP contribution is 2.29. The zero-order valence-electron chi connectivity index (χ0n) is 9.29. The van der Waals surface area contributed by atoms with Crippen LogP contribution in [0.15, 0.2) is 35.7 Å². The van der Waals surface area contributed by atoms with Crippen LogP contribution in [-0.4, -0.2) is 19.6 Å². The van der Waals surface area contributed by atoms with Crippen molar-refractivity contribution in [2.75, 3.05) is 0 Å². The Morgan fingerprint density at radius 2 is 2.11 bits per heavy atom. The lowest BCUT2D eigenvalue weighted by molar-refractivity contribution is -0.122. The molecule has 1 aromatic carbocycles. The number of fused-ring (bicyclic) bond motifs is 1. The van der Waals surface area contributed by atoms with Crippen molar-refractivity contribution in [3.05, 3.63) is 41.3 Å². The molecule has 6 heteroatoms. The third-order valence-corrected chi connectivity index (χ3v) is 4.29. The Morgan fingerprint density at radius 3 is 2.78 bits per heavy atom. The fourth-order valence-corrected chi connectivity index (χ4v) is 2.69. The maximum absolute atomic E-state index is 11.9. The summed E-state index contributed by atoms with van der Waals surface area (Å²) in [5, 5.41) is 8.59. The Hall–Kier alpha value is -2.13. The Morgan fingerprint density at radius 1 is 1.44 bits per heavy atom. The standard InChI is InChI=1S/C12H9NO4S/c1-8(7-13)18(15,16)12-10(14)6-9-4-2-3-5-11(9)17-12/h2-5,12H,1,6H2. The van der Waals surface area contributed by atoms with Gasteiger partial charge in [-0.25, -0.2) is 8.42 Å². The predicted octanol–water partition coefficient (Wildman–Crippen LogP) is 0.969. The number of allylic oxidation sites excluding steroid dienone is 1. The molecule has 0 fully saturated rings. The highest BCUT2D eigenvalue weighted by molar-refractivity contribution is 7.96. The molecule has 0 aromatic heterocycles. The van der Waals surface area contributed by atoms with Gasteiger partial charge in [0.25, 0.3) is 5.44 Å². The van der Waals surface area contributed by atoms with Crippen LogP contribution >= 0.6 is 0 Å². The van der Waals surface area contributed by atoms with Crippen molar-refractivity contribution in [1.82, 2.24) is 0 Å². The van der Waals surface area contributed by atoms with Crippen LogP contribution in [0.25, 0.3) is 0 Å². The van der Waals surface area contributed by atoms with Crippen LogP contribution in [-0.2, 0) is 21.1 Å².